The van der Waals surface area contributed by atoms with Crippen LogP contribution in [0.25, 0.3) is 0 Å². The number of nitrogens with zero attached hydrogens (tertiary/aromatic N) is 1. The lowest BCUT2D eigenvalue weighted by molar-refractivity contribution is -0.121. The molecule has 2 aliphatic rings. The van der Waals surface area contributed by atoms with Crippen LogP contribution in [0, 0.1) is 11.8 Å². The fourth-order valence-electron chi connectivity index (χ4n) is 4.26. The maximum absolute atomic E-state index is 12.5. The first-order valence-electron chi connectivity index (χ1n) is 10.6. The van der Waals surface area contributed by atoms with Crippen LogP contribution in [0.5, 0.6) is 5.75 Å². The Hall–Kier alpha value is -2.24. The second-order valence-corrected chi connectivity index (χ2v) is 8.05. The molecule has 1 heterocycles. The molecule has 1 aromatic rings. The van der Waals surface area contributed by atoms with Gasteiger partial charge in [0.2, 0.25) is 5.91 Å². The number of hydrogen-bond acceptors (Lipinski definition) is 3. The predicted molar refractivity (Wildman–Crippen MR) is 111 cm³/mol. The molecule has 2 fully saturated rings. The largest absolute Gasteiger partial charge is 0.495 e. The molecule has 0 unspecified atom stereocenters. The van der Waals surface area contributed by atoms with Crippen molar-refractivity contribution in [1.82, 2.24) is 10.2 Å². The van der Waals surface area contributed by atoms with Crippen molar-refractivity contribution in [2.24, 2.45) is 11.8 Å². The minimum atomic E-state index is -0.0939. The van der Waals surface area contributed by atoms with Crippen molar-refractivity contribution < 1.29 is 14.3 Å². The Morgan fingerprint density at radius 1 is 1.07 bits per heavy atom. The SMILES string of the molecule is COc1ccccc1NC(=O)N1CCC(CNC(=O)CCC2CCCC2)CC1. The number of hydrogen-bond donors (Lipinski definition) is 2. The van der Waals surface area contributed by atoms with E-state index in [0.717, 1.165) is 31.7 Å². The highest BCUT2D eigenvalue weighted by Crippen LogP contribution is 2.28. The third-order valence-electron chi connectivity index (χ3n) is 6.09. The van der Waals surface area contributed by atoms with Gasteiger partial charge in [-0.2, -0.15) is 0 Å². The van der Waals surface area contributed by atoms with E-state index in [0.29, 0.717) is 36.9 Å². The Morgan fingerprint density at radius 2 is 1.79 bits per heavy atom. The molecular weight excluding hydrogens is 354 g/mol. The molecule has 1 aromatic carbocycles. The fourth-order valence-corrected chi connectivity index (χ4v) is 4.26. The molecule has 1 saturated carbocycles. The van der Waals surface area contributed by atoms with Crippen molar-refractivity contribution >= 4 is 17.6 Å². The number of urea groups is 1. The summed E-state index contributed by atoms with van der Waals surface area (Å²) >= 11 is 0. The van der Waals surface area contributed by atoms with Crippen LogP contribution in [0.4, 0.5) is 10.5 Å². The lowest BCUT2D eigenvalue weighted by Gasteiger charge is -2.32. The number of methoxy groups -OCH3 is 1. The molecule has 28 heavy (non-hydrogen) atoms. The zero-order valence-corrected chi connectivity index (χ0v) is 16.9. The van der Waals surface area contributed by atoms with Crippen molar-refractivity contribution in [3.63, 3.8) is 0 Å². The van der Waals surface area contributed by atoms with Crippen molar-refractivity contribution in [2.45, 2.75) is 51.4 Å². The fraction of sp³-hybridized carbons (Fsp3) is 0.636. The van der Waals surface area contributed by atoms with E-state index >= 15 is 0 Å². The smallest absolute Gasteiger partial charge is 0.321 e. The van der Waals surface area contributed by atoms with E-state index in [1.54, 1.807) is 7.11 Å². The monoisotopic (exact) mass is 387 g/mol. The van der Waals surface area contributed by atoms with Gasteiger partial charge in [-0.1, -0.05) is 37.8 Å². The molecule has 6 heteroatoms. The van der Waals surface area contributed by atoms with Gasteiger partial charge < -0.3 is 20.3 Å². The number of amides is 3. The van der Waals surface area contributed by atoms with Crippen LogP contribution in [-0.2, 0) is 4.79 Å². The van der Waals surface area contributed by atoms with Gasteiger partial charge in [0.25, 0.3) is 0 Å². The van der Waals surface area contributed by atoms with Crippen LogP contribution in [0.1, 0.15) is 51.4 Å². The normalized spacial score (nSPS) is 18.1. The van der Waals surface area contributed by atoms with Gasteiger partial charge >= 0.3 is 6.03 Å². The Morgan fingerprint density at radius 3 is 2.50 bits per heavy atom. The first kappa shape index (κ1) is 20.5. The molecule has 0 atom stereocenters. The Bertz CT molecular complexity index is 650. The summed E-state index contributed by atoms with van der Waals surface area (Å²) in [5.41, 5.74) is 0.687. The van der Waals surface area contributed by atoms with E-state index in [9.17, 15) is 9.59 Å². The minimum Gasteiger partial charge on any atom is -0.495 e. The van der Waals surface area contributed by atoms with E-state index in [4.69, 9.17) is 4.74 Å². The summed E-state index contributed by atoms with van der Waals surface area (Å²) in [7, 11) is 1.60. The number of carbonyl (C=O) groups excluding carboxylic acids is 2. The third kappa shape index (κ3) is 5.88. The summed E-state index contributed by atoms with van der Waals surface area (Å²) in [4.78, 5) is 26.4. The maximum atomic E-state index is 12.5. The number of benzene rings is 1. The highest BCUT2D eigenvalue weighted by Gasteiger charge is 2.24. The van der Waals surface area contributed by atoms with Crippen LogP contribution < -0.4 is 15.4 Å². The molecule has 3 amide bonds. The summed E-state index contributed by atoms with van der Waals surface area (Å²) in [6.07, 6.45) is 8.78. The molecule has 1 aliphatic heterocycles. The van der Waals surface area contributed by atoms with Gasteiger partial charge in [-0.25, -0.2) is 4.79 Å². The van der Waals surface area contributed by atoms with Crippen LogP contribution in [-0.4, -0.2) is 43.6 Å². The lowest BCUT2D eigenvalue weighted by Crippen LogP contribution is -2.43. The quantitative estimate of drug-likeness (QED) is 0.742. The van der Waals surface area contributed by atoms with E-state index in [1.807, 2.05) is 29.2 Å². The number of ether oxygens (including phenoxy) is 1. The zero-order valence-electron chi connectivity index (χ0n) is 16.9. The Kier molecular flexibility index (Phi) is 7.57. The second-order valence-electron chi connectivity index (χ2n) is 8.05. The molecule has 0 aromatic heterocycles. The van der Waals surface area contributed by atoms with E-state index < -0.39 is 0 Å². The molecule has 1 saturated heterocycles. The average Bonchev–Trinajstić information content (AvgIpc) is 3.25. The summed E-state index contributed by atoms with van der Waals surface area (Å²) in [5.74, 6) is 2.05. The van der Waals surface area contributed by atoms with Crippen molar-refractivity contribution in [2.75, 3.05) is 32.1 Å². The highest BCUT2D eigenvalue weighted by atomic mass is 16.5. The van der Waals surface area contributed by atoms with Gasteiger partial charge in [-0.05, 0) is 43.2 Å². The van der Waals surface area contributed by atoms with Crippen molar-refractivity contribution in [3.05, 3.63) is 24.3 Å². The topological polar surface area (TPSA) is 70.7 Å². The summed E-state index contributed by atoms with van der Waals surface area (Å²) < 4.78 is 5.28. The number of likely N-dealkylation sites (tertiary alicyclic amines) is 1. The number of nitrogens with one attached hydrogen (secondary N) is 2. The molecule has 0 bridgehead atoms. The van der Waals surface area contributed by atoms with Crippen LogP contribution >= 0.6 is 0 Å². The molecule has 154 valence electrons. The predicted octanol–water partition coefficient (Wildman–Crippen LogP) is 4.03. The van der Waals surface area contributed by atoms with Crippen LogP contribution in [0.3, 0.4) is 0 Å². The van der Waals surface area contributed by atoms with Gasteiger partial charge in [0.05, 0.1) is 12.8 Å². The molecule has 0 radical (unpaired) electrons. The minimum absolute atomic E-state index is 0.0939. The summed E-state index contributed by atoms with van der Waals surface area (Å²) in [5, 5.41) is 6.03. The maximum Gasteiger partial charge on any atom is 0.321 e. The number of rotatable bonds is 7. The van der Waals surface area contributed by atoms with Gasteiger partial charge in [0, 0.05) is 26.1 Å². The highest BCUT2D eigenvalue weighted by molar-refractivity contribution is 5.91. The van der Waals surface area contributed by atoms with E-state index in [-0.39, 0.29) is 11.9 Å². The van der Waals surface area contributed by atoms with Gasteiger partial charge in [-0.3, -0.25) is 4.79 Å². The zero-order chi connectivity index (χ0) is 19.8. The number of para-hydroxylation sites is 2. The van der Waals surface area contributed by atoms with E-state index in [2.05, 4.69) is 10.6 Å². The Balaban J connectivity index is 1.34. The van der Waals surface area contributed by atoms with Crippen LogP contribution in [0.2, 0.25) is 0 Å². The average molecular weight is 388 g/mol. The Labute approximate surface area is 168 Å². The summed E-state index contributed by atoms with van der Waals surface area (Å²) in [6, 6.07) is 7.33. The van der Waals surface area contributed by atoms with Crippen molar-refractivity contribution in [1.29, 1.82) is 0 Å². The molecule has 6 nitrogen and oxygen atoms in total. The number of anilines is 1. The third-order valence-corrected chi connectivity index (χ3v) is 6.09. The van der Waals surface area contributed by atoms with Crippen molar-refractivity contribution in [3.8, 4) is 5.75 Å². The van der Waals surface area contributed by atoms with Gasteiger partial charge in [0.1, 0.15) is 5.75 Å². The molecule has 3 rings (SSSR count). The summed E-state index contributed by atoms with van der Waals surface area (Å²) in [6.45, 7) is 2.15. The molecule has 0 spiro atoms. The van der Waals surface area contributed by atoms with Gasteiger partial charge in [0.15, 0.2) is 0 Å². The molecule has 2 N–H and O–H groups in total. The standard InChI is InChI=1S/C22H33N3O3/c1-28-20-9-5-4-8-19(20)24-22(27)25-14-12-18(13-15-25)16-23-21(26)11-10-17-6-2-3-7-17/h4-5,8-9,17-18H,2-3,6-7,10-16H2,1H3,(H,23,26)(H,24,27). The number of carbonyl (C=O) groups is 2. The first-order valence-corrected chi connectivity index (χ1v) is 10.6. The van der Waals surface area contributed by atoms with Gasteiger partial charge in [-0.15, -0.1) is 0 Å². The molecule has 1 aliphatic carbocycles. The lowest BCUT2D eigenvalue weighted by atomic mass is 9.96. The number of piperidine rings is 1. The molecular formula is C22H33N3O3. The van der Waals surface area contributed by atoms with Crippen LogP contribution in [0.15, 0.2) is 24.3 Å². The second kappa shape index (κ2) is 10.3. The first-order chi connectivity index (χ1) is 13.7. The van der Waals surface area contributed by atoms with E-state index in [1.165, 1.54) is 25.7 Å².